The molecule has 9 heteroatoms. The van der Waals surface area contributed by atoms with E-state index in [-0.39, 0.29) is 36.3 Å². The van der Waals surface area contributed by atoms with Crippen molar-refractivity contribution in [2.24, 2.45) is 7.05 Å². The Bertz CT molecular complexity index is 1070. The lowest BCUT2D eigenvalue weighted by Gasteiger charge is -2.16. The maximum atomic E-state index is 12.4. The van der Waals surface area contributed by atoms with Gasteiger partial charge in [-0.05, 0) is 19.1 Å². The smallest absolute Gasteiger partial charge is 0.281 e. The summed E-state index contributed by atoms with van der Waals surface area (Å²) in [4.78, 5) is 50.3. The Kier molecular flexibility index (Phi) is 4.34. The van der Waals surface area contributed by atoms with E-state index < -0.39 is 11.8 Å². The van der Waals surface area contributed by atoms with Crippen LogP contribution in [0.5, 0.6) is 0 Å². The maximum absolute atomic E-state index is 12.4. The third-order valence-corrected chi connectivity index (χ3v) is 4.74. The average molecular weight is 378 g/mol. The summed E-state index contributed by atoms with van der Waals surface area (Å²) in [6, 6.07) is 7.40. The molecule has 2 aromatic heterocycles. The summed E-state index contributed by atoms with van der Waals surface area (Å²) in [5.41, 5.74) is 1.89. The molecule has 3 heterocycles. The van der Waals surface area contributed by atoms with Gasteiger partial charge < -0.3 is 9.88 Å². The number of rotatable bonds is 5. The number of para-hydroxylation sites is 2. The molecule has 4 rings (SSSR count). The Hall–Kier alpha value is -3.62. The second-order valence-electron chi connectivity index (χ2n) is 6.57. The lowest BCUT2D eigenvalue weighted by molar-refractivity contribution is -0.121. The fourth-order valence-corrected chi connectivity index (χ4v) is 3.35. The quantitative estimate of drug-likeness (QED) is 0.669. The van der Waals surface area contributed by atoms with Crippen LogP contribution in [0.2, 0.25) is 0 Å². The first-order valence-electron chi connectivity index (χ1n) is 8.85. The Morgan fingerprint density at radius 3 is 2.39 bits per heavy atom. The van der Waals surface area contributed by atoms with E-state index in [1.54, 1.807) is 0 Å². The van der Waals surface area contributed by atoms with Crippen molar-refractivity contribution in [1.29, 1.82) is 0 Å². The molecule has 0 saturated carbocycles. The van der Waals surface area contributed by atoms with Gasteiger partial charge in [0.15, 0.2) is 11.4 Å². The molecule has 0 unspecified atom stereocenters. The third-order valence-electron chi connectivity index (χ3n) is 4.74. The molecular formula is C19H18N6O3. The third kappa shape index (κ3) is 2.90. The van der Waals surface area contributed by atoms with Crippen molar-refractivity contribution >= 4 is 28.8 Å². The molecule has 3 aromatic rings. The molecule has 1 aliphatic heterocycles. The number of nitrogens with zero attached hydrogens (tertiary/aromatic N) is 5. The highest BCUT2D eigenvalue weighted by atomic mass is 16.2. The summed E-state index contributed by atoms with van der Waals surface area (Å²) >= 11 is 0. The number of benzene rings is 1. The normalized spacial score (nSPS) is 14.4. The van der Waals surface area contributed by atoms with Crippen molar-refractivity contribution in [1.82, 2.24) is 29.7 Å². The highest BCUT2D eigenvalue weighted by molar-refractivity contribution is 6.19. The van der Waals surface area contributed by atoms with Crippen LogP contribution in [0.1, 0.15) is 46.2 Å². The van der Waals surface area contributed by atoms with Crippen LogP contribution < -0.4 is 5.32 Å². The van der Waals surface area contributed by atoms with Gasteiger partial charge in [-0.2, -0.15) is 0 Å². The van der Waals surface area contributed by atoms with Gasteiger partial charge >= 0.3 is 0 Å². The van der Waals surface area contributed by atoms with Crippen LogP contribution >= 0.6 is 0 Å². The molecule has 0 aliphatic carbocycles. The monoisotopic (exact) mass is 378 g/mol. The van der Waals surface area contributed by atoms with Crippen LogP contribution in [0.15, 0.2) is 36.7 Å². The standard InChI is InChI=1S/C19H18N6O3/c1-11(17-23-12-5-3-4-6-13(12)24(17)2)22-14(26)7-10-25-18(27)15-16(19(25)28)21-9-8-20-15/h3-6,8-9,11H,7,10H2,1-2H3,(H,22,26)/t11-/m1/s1. The molecule has 1 N–H and O–H groups in total. The summed E-state index contributed by atoms with van der Waals surface area (Å²) in [6.45, 7) is 1.81. The topological polar surface area (TPSA) is 110 Å². The molecule has 1 atom stereocenters. The molecule has 3 amide bonds. The highest BCUT2D eigenvalue weighted by Gasteiger charge is 2.38. The van der Waals surface area contributed by atoms with Gasteiger partial charge in [0.25, 0.3) is 11.8 Å². The second kappa shape index (κ2) is 6.84. The second-order valence-corrected chi connectivity index (χ2v) is 6.57. The fourth-order valence-electron chi connectivity index (χ4n) is 3.35. The van der Waals surface area contributed by atoms with E-state index in [4.69, 9.17) is 0 Å². The van der Waals surface area contributed by atoms with Crippen LogP contribution in [-0.4, -0.2) is 48.7 Å². The minimum atomic E-state index is -0.524. The maximum Gasteiger partial charge on any atom is 0.281 e. The molecule has 28 heavy (non-hydrogen) atoms. The Morgan fingerprint density at radius 2 is 1.75 bits per heavy atom. The minimum absolute atomic E-state index is 0.0141. The van der Waals surface area contributed by atoms with Gasteiger partial charge in [-0.1, -0.05) is 12.1 Å². The van der Waals surface area contributed by atoms with Crippen LogP contribution in [-0.2, 0) is 11.8 Å². The largest absolute Gasteiger partial charge is 0.346 e. The van der Waals surface area contributed by atoms with Crippen LogP contribution in [0.3, 0.4) is 0 Å². The zero-order chi connectivity index (χ0) is 19.8. The van der Waals surface area contributed by atoms with Crippen molar-refractivity contribution in [3.05, 3.63) is 53.9 Å². The van der Waals surface area contributed by atoms with Crippen molar-refractivity contribution in [2.75, 3.05) is 6.54 Å². The first-order valence-corrected chi connectivity index (χ1v) is 8.85. The highest BCUT2D eigenvalue weighted by Crippen LogP contribution is 2.20. The molecule has 0 bridgehead atoms. The number of hydrogen-bond donors (Lipinski definition) is 1. The number of aromatic nitrogens is 4. The molecule has 0 saturated heterocycles. The Morgan fingerprint density at radius 1 is 1.11 bits per heavy atom. The van der Waals surface area contributed by atoms with Crippen molar-refractivity contribution in [3.8, 4) is 0 Å². The SMILES string of the molecule is C[C@@H](NC(=O)CCN1C(=O)c2nccnc2C1=O)c1nc2ccccc2n1C. The lowest BCUT2D eigenvalue weighted by atomic mass is 10.3. The van der Waals surface area contributed by atoms with Gasteiger partial charge in [0, 0.05) is 32.4 Å². The van der Waals surface area contributed by atoms with Gasteiger partial charge in [-0.25, -0.2) is 15.0 Å². The predicted octanol–water partition coefficient (Wildman–Crippen LogP) is 1.23. The molecular weight excluding hydrogens is 360 g/mol. The van der Waals surface area contributed by atoms with E-state index in [1.807, 2.05) is 42.8 Å². The number of amides is 3. The summed E-state index contributed by atoms with van der Waals surface area (Å²) in [6.07, 6.45) is 2.71. The van der Waals surface area contributed by atoms with Crippen molar-refractivity contribution < 1.29 is 14.4 Å². The van der Waals surface area contributed by atoms with E-state index in [0.29, 0.717) is 0 Å². The van der Waals surface area contributed by atoms with Gasteiger partial charge in [-0.15, -0.1) is 0 Å². The van der Waals surface area contributed by atoms with Crippen LogP contribution in [0.4, 0.5) is 0 Å². The number of hydrogen-bond acceptors (Lipinski definition) is 6. The number of carbonyl (C=O) groups excluding carboxylic acids is 3. The average Bonchev–Trinajstić information content (AvgIpc) is 3.16. The van der Waals surface area contributed by atoms with Crippen LogP contribution in [0.25, 0.3) is 11.0 Å². The molecule has 1 aromatic carbocycles. The van der Waals surface area contributed by atoms with Crippen molar-refractivity contribution in [2.45, 2.75) is 19.4 Å². The number of aryl methyl sites for hydroxylation is 1. The van der Waals surface area contributed by atoms with Gasteiger partial charge in [-0.3, -0.25) is 19.3 Å². The van der Waals surface area contributed by atoms with E-state index >= 15 is 0 Å². The number of imide groups is 1. The lowest BCUT2D eigenvalue weighted by Crippen LogP contribution is -2.35. The number of fused-ring (bicyclic) bond motifs is 2. The summed E-state index contributed by atoms with van der Waals surface area (Å²) in [5.74, 6) is -0.602. The first-order chi connectivity index (χ1) is 13.5. The number of imidazole rings is 1. The van der Waals surface area contributed by atoms with E-state index in [1.165, 1.54) is 12.4 Å². The Balaban J connectivity index is 1.40. The molecule has 0 spiro atoms. The van der Waals surface area contributed by atoms with E-state index in [9.17, 15) is 14.4 Å². The van der Waals surface area contributed by atoms with Gasteiger partial charge in [0.1, 0.15) is 5.82 Å². The summed E-state index contributed by atoms with van der Waals surface area (Å²) < 4.78 is 1.93. The predicted molar refractivity (Wildman–Crippen MR) is 99.3 cm³/mol. The molecule has 9 nitrogen and oxygen atoms in total. The zero-order valence-corrected chi connectivity index (χ0v) is 15.4. The van der Waals surface area contributed by atoms with Gasteiger partial charge in [0.05, 0.1) is 17.1 Å². The molecule has 0 fully saturated rings. The fraction of sp³-hybridized carbons (Fsp3) is 0.263. The summed E-state index contributed by atoms with van der Waals surface area (Å²) in [5, 5.41) is 2.87. The molecule has 1 aliphatic rings. The number of nitrogens with one attached hydrogen (secondary N) is 1. The first kappa shape index (κ1) is 17.8. The van der Waals surface area contributed by atoms with Crippen LogP contribution in [0, 0.1) is 0 Å². The van der Waals surface area contributed by atoms with E-state index in [2.05, 4.69) is 20.3 Å². The molecule has 142 valence electrons. The summed E-state index contributed by atoms with van der Waals surface area (Å²) in [7, 11) is 1.89. The zero-order valence-electron chi connectivity index (χ0n) is 15.4. The number of carbonyl (C=O) groups is 3. The minimum Gasteiger partial charge on any atom is -0.346 e. The van der Waals surface area contributed by atoms with Crippen molar-refractivity contribution in [3.63, 3.8) is 0 Å². The van der Waals surface area contributed by atoms with E-state index in [0.717, 1.165) is 21.8 Å². The Labute approximate surface area is 160 Å². The molecule has 0 radical (unpaired) electrons. The van der Waals surface area contributed by atoms with Gasteiger partial charge in [0.2, 0.25) is 5.91 Å².